The van der Waals surface area contributed by atoms with E-state index in [-0.39, 0.29) is 24.0 Å². The molecule has 0 bridgehead atoms. The highest BCUT2D eigenvalue weighted by Crippen LogP contribution is 2.15. The van der Waals surface area contributed by atoms with Gasteiger partial charge in [0.2, 0.25) is 0 Å². The van der Waals surface area contributed by atoms with Crippen molar-refractivity contribution in [3.8, 4) is 0 Å². The molecule has 1 atom stereocenters. The third-order valence-electron chi connectivity index (χ3n) is 5.48. The first-order chi connectivity index (χ1) is 14.3. The minimum atomic E-state index is 0. The molecule has 0 radical (unpaired) electrons. The summed E-state index contributed by atoms with van der Waals surface area (Å²) in [6.07, 6.45) is 5.88. The van der Waals surface area contributed by atoms with Crippen LogP contribution in [-0.2, 0) is 35.6 Å². The Bertz CT molecular complexity index is 821. The number of aryl methyl sites for hydroxylation is 1. The molecular weight excluding hydrogens is 495 g/mol. The lowest BCUT2D eigenvalue weighted by atomic mass is 10.1. The van der Waals surface area contributed by atoms with Crippen LogP contribution in [0.1, 0.15) is 36.2 Å². The van der Waals surface area contributed by atoms with Gasteiger partial charge >= 0.3 is 0 Å². The molecule has 2 aromatic rings. The molecule has 2 N–H and O–H groups in total. The van der Waals surface area contributed by atoms with Gasteiger partial charge in [0, 0.05) is 39.3 Å². The molecule has 1 aromatic carbocycles. The van der Waals surface area contributed by atoms with Crippen molar-refractivity contribution >= 4 is 29.9 Å². The molecule has 0 spiro atoms. The summed E-state index contributed by atoms with van der Waals surface area (Å²) in [6.45, 7) is 3.79. The average molecular weight is 526 g/mol. The Morgan fingerprint density at radius 2 is 2.10 bits per heavy atom. The summed E-state index contributed by atoms with van der Waals surface area (Å²) in [5, 5.41) is 11.2. The molecule has 4 rings (SSSR count). The van der Waals surface area contributed by atoms with Gasteiger partial charge in [-0.2, -0.15) is 5.10 Å². The number of nitrogens with one attached hydrogen (secondary N) is 2. The molecule has 1 saturated heterocycles. The van der Waals surface area contributed by atoms with Gasteiger partial charge in [0.05, 0.1) is 19.3 Å². The second-order valence-electron chi connectivity index (χ2n) is 7.61. The number of aromatic nitrogens is 3. The van der Waals surface area contributed by atoms with Gasteiger partial charge in [-0.25, -0.2) is 9.67 Å². The molecule has 0 saturated carbocycles. The van der Waals surface area contributed by atoms with E-state index >= 15 is 0 Å². The lowest BCUT2D eigenvalue weighted by Gasteiger charge is -2.25. The monoisotopic (exact) mass is 526 g/mol. The molecule has 30 heavy (non-hydrogen) atoms. The maximum Gasteiger partial charge on any atom is 0.191 e. The first kappa shape index (κ1) is 23.0. The van der Waals surface area contributed by atoms with Gasteiger partial charge < -0.3 is 20.1 Å². The van der Waals surface area contributed by atoms with E-state index in [2.05, 4.69) is 50.0 Å². The Labute approximate surface area is 194 Å². The van der Waals surface area contributed by atoms with E-state index in [4.69, 9.17) is 9.47 Å². The molecule has 1 aromatic heterocycles. The summed E-state index contributed by atoms with van der Waals surface area (Å²) in [4.78, 5) is 8.65. The summed E-state index contributed by atoms with van der Waals surface area (Å²) >= 11 is 0. The van der Waals surface area contributed by atoms with Crippen molar-refractivity contribution in [2.24, 2.45) is 4.99 Å². The van der Waals surface area contributed by atoms with Crippen LogP contribution in [0.25, 0.3) is 0 Å². The second kappa shape index (κ2) is 11.6. The fourth-order valence-electron chi connectivity index (χ4n) is 3.82. The van der Waals surface area contributed by atoms with Gasteiger partial charge in [-0.15, -0.1) is 24.0 Å². The molecule has 1 unspecified atom stereocenters. The molecular formula is C21H31IN6O2. The van der Waals surface area contributed by atoms with Gasteiger partial charge in [-0.3, -0.25) is 4.99 Å². The number of ether oxygens (including phenoxy) is 2. The number of nitrogens with zero attached hydrogens (tertiary/aromatic N) is 4. The van der Waals surface area contributed by atoms with E-state index < -0.39 is 0 Å². The maximum atomic E-state index is 6.04. The summed E-state index contributed by atoms with van der Waals surface area (Å²) < 4.78 is 13.4. The van der Waals surface area contributed by atoms with Crippen LogP contribution in [0.3, 0.4) is 0 Å². The van der Waals surface area contributed by atoms with Crippen molar-refractivity contribution in [3.63, 3.8) is 0 Å². The van der Waals surface area contributed by atoms with Crippen LogP contribution >= 0.6 is 24.0 Å². The van der Waals surface area contributed by atoms with Crippen molar-refractivity contribution in [1.29, 1.82) is 0 Å². The minimum Gasteiger partial charge on any atom is -0.381 e. The van der Waals surface area contributed by atoms with E-state index in [0.717, 1.165) is 57.2 Å². The normalized spacial score (nSPS) is 19.6. The average Bonchev–Trinajstić information content (AvgIpc) is 3.24. The van der Waals surface area contributed by atoms with Crippen molar-refractivity contribution < 1.29 is 9.47 Å². The maximum absolute atomic E-state index is 6.04. The fourth-order valence-corrected chi connectivity index (χ4v) is 3.82. The number of halogens is 1. The van der Waals surface area contributed by atoms with E-state index in [0.29, 0.717) is 25.3 Å². The van der Waals surface area contributed by atoms with Gasteiger partial charge in [0.15, 0.2) is 5.96 Å². The first-order valence-electron chi connectivity index (χ1n) is 10.4. The number of rotatable bonds is 6. The molecule has 9 heteroatoms. The van der Waals surface area contributed by atoms with Crippen LogP contribution in [0.2, 0.25) is 0 Å². The Hall–Kier alpha value is -1.72. The summed E-state index contributed by atoms with van der Waals surface area (Å²) in [5.74, 6) is 1.87. The lowest BCUT2D eigenvalue weighted by Crippen LogP contribution is -2.46. The predicted molar refractivity (Wildman–Crippen MR) is 126 cm³/mol. The van der Waals surface area contributed by atoms with E-state index in [1.165, 1.54) is 11.1 Å². The molecule has 2 aliphatic heterocycles. The zero-order valence-electron chi connectivity index (χ0n) is 17.4. The van der Waals surface area contributed by atoms with Gasteiger partial charge in [-0.1, -0.05) is 24.3 Å². The summed E-state index contributed by atoms with van der Waals surface area (Å²) in [6, 6.07) is 8.83. The van der Waals surface area contributed by atoms with E-state index in [1.54, 1.807) is 13.4 Å². The molecule has 3 heterocycles. The van der Waals surface area contributed by atoms with E-state index in [9.17, 15) is 0 Å². The third-order valence-corrected chi connectivity index (χ3v) is 5.48. The first-order valence-corrected chi connectivity index (χ1v) is 10.4. The van der Waals surface area contributed by atoms with Crippen molar-refractivity contribution in [3.05, 3.63) is 47.5 Å². The SMILES string of the molecule is CN=C(NCc1cccc(COC2CCOCC2)c1)NC1CCc2ncnn2C1.I. The van der Waals surface area contributed by atoms with Crippen LogP contribution in [0, 0.1) is 0 Å². The quantitative estimate of drug-likeness (QED) is 0.342. The lowest BCUT2D eigenvalue weighted by molar-refractivity contribution is -0.0390. The second-order valence-corrected chi connectivity index (χ2v) is 7.61. The smallest absolute Gasteiger partial charge is 0.191 e. The van der Waals surface area contributed by atoms with Crippen LogP contribution in [0.4, 0.5) is 0 Å². The highest BCUT2D eigenvalue weighted by atomic mass is 127. The Balaban J connectivity index is 0.00000256. The number of aliphatic imine (C=N–C) groups is 1. The number of guanidine groups is 1. The topological polar surface area (TPSA) is 85.6 Å². The van der Waals surface area contributed by atoms with Crippen LogP contribution in [0.5, 0.6) is 0 Å². The molecule has 0 aliphatic carbocycles. The van der Waals surface area contributed by atoms with Crippen LogP contribution < -0.4 is 10.6 Å². The Morgan fingerprint density at radius 3 is 2.93 bits per heavy atom. The number of hydrogen-bond acceptors (Lipinski definition) is 5. The molecule has 1 fully saturated rings. The predicted octanol–water partition coefficient (Wildman–Crippen LogP) is 2.27. The molecule has 2 aliphatic rings. The van der Waals surface area contributed by atoms with Crippen LogP contribution in [-0.4, -0.2) is 53.1 Å². The highest BCUT2D eigenvalue weighted by molar-refractivity contribution is 14.0. The Morgan fingerprint density at radius 1 is 1.27 bits per heavy atom. The van der Waals surface area contributed by atoms with Crippen molar-refractivity contribution in [2.45, 2.75) is 57.5 Å². The minimum absolute atomic E-state index is 0. The molecule has 0 amide bonds. The van der Waals surface area contributed by atoms with Gasteiger partial charge in [-0.05, 0) is 30.4 Å². The molecule has 8 nitrogen and oxygen atoms in total. The number of benzene rings is 1. The third kappa shape index (κ3) is 6.39. The van der Waals surface area contributed by atoms with Gasteiger partial charge in [0.1, 0.15) is 12.2 Å². The number of hydrogen-bond donors (Lipinski definition) is 2. The van der Waals surface area contributed by atoms with Crippen molar-refractivity contribution in [2.75, 3.05) is 20.3 Å². The number of fused-ring (bicyclic) bond motifs is 1. The van der Waals surface area contributed by atoms with Gasteiger partial charge in [0.25, 0.3) is 0 Å². The Kier molecular flexibility index (Phi) is 8.88. The largest absolute Gasteiger partial charge is 0.381 e. The zero-order chi connectivity index (χ0) is 19.9. The van der Waals surface area contributed by atoms with Crippen LogP contribution in [0.15, 0.2) is 35.6 Å². The fraction of sp³-hybridized carbons (Fsp3) is 0.571. The summed E-state index contributed by atoms with van der Waals surface area (Å²) in [5.41, 5.74) is 2.41. The standard InChI is InChI=1S/C21H30N6O2.HI/c1-22-21(26-18-5-6-20-24-15-25-27(20)13-18)23-12-16-3-2-4-17(11-16)14-29-19-7-9-28-10-8-19;/h2-4,11,15,18-19H,5-10,12-14H2,1H3,(H2,22,23,26);1H. The summed E-state index contributed by atoms with van der Waals surface area (Å²) in [7, 11) is 1.80. The van der Waals surface area contributed by atoms with E-state index in [1.807, 2.05) is 4.68 Å². The zero-order valence-corrected chi connectivity index (χ0v) is 19.7. The molecule has 164 valence electrons. The van der Waals surface area contributed by atoms with Crippen molar-refractivity contribution in [1.82, 2.24) is 25.4 Å². The highest BCUT2D eigenvalue weighted by Gasteiger charge is 2.20.